The number of unbranched alkanes of at least 4 members (excludes halogenated alkanes) is 2. The van der Waals surface area contributed by atoms with E-state index >= 15 is 0 Å². The molecule has 0 saturated carbocycles. The molecule has 0 unspecified atom stereocenters. The van der Waals surface area contributed by atoms with E-state index in [1.807, 2.05) is 23.5 Å². The van der Waals surface area contributed by atoms with Crippen molar-refractivity contribution in [2.75, 3.05) is 11.5 Å². The van der Waals surface area contributed by atoms with E-state index in [1.54, 1.807) is 0 Å². The Balaban J connectivity index is 3.04. The van der Waals surface area contributed by atoms with Crippen LogP contribution in [0.25, 0.3) is 0 Å². The van der Waals surface area contributed by atoms with Gasteiger partial charge < -0.3 is 0 Å². The molecular weight excluding hydrogens is 184 g/mol. The Labute approximate surface area is 86.3 Å². The van der Waals surface area contributed by atoms with Crippen molar-refractivity contribution < 1.29 is 0 Å². The molecule has 0 saturated heterocycles. The van der Waals surface area contributed by atoms with Gasteiger partial charge in [0.25, 0.3) is 0 Å². The molecule has 73 valence electrons. The van der Waals surface area contributed by atoms with Gasteiger partial charge in [-0.15, -0.1) is 23.5 Å². The van der Waals surface area contributed by atoms with E-state index in [0.29, 0.717) is 4.58 Å². The highest BCUT2D eigenvalue weighted by Gasteiger charge is 2.01. The summed E-state index contributed by atoms with van der Waals surface area (Å²) in [5.74, 6) is 2.56. The van der Waals surface area contributed by atoms with E-state index < -0.39 is 0 Å². The maximum atomic E-state index is 4.11. The van der Waals surface area contributed by atoms with Crippen LogP contribution in [0.2, 0.25) is 0 Å². The van der Waals surface area contributed by atoms with Crippen molar-refractivity contribution >= 4 is 23.5 Å². The van der Waals surface area contributed by atoms with Crippen molar-refractivity contribution in [2.24, 2.45) is 0 Å². The first-order chi connectivity index (χ1) is 5.81. The fourth-order valence-corrected chi connectivity index (χ4v) is 3.17. The van der Waals surface area contributed by atoms with Gasteiger partial charge in [-0.3, -0.25) is 0 Å². The van der Waals surface area contributed by atoms with Gasteiger partial charge in [-0.1, -0.05) is 26.7 Å². The van der Waals surface area contributed by atoms with Gasteiger partial charge >= 0.3 is 0 Å². The lowest BCUT2D eigenvalue weighted by atomic mass is 10.4. The Bertz CT molecular complexity index is 73.9. The van der Waals surface area contributed by atoms with Crippen LogP contribution < -0.4 is 0 Å². The van der Waals surface area contributed by atoms with Gasteiger partial charge in [0.2, 0.25) is 0 Å². The van der Waals surface area contributed by atoms with E-state index in [4.69, 9.17) is 0 Å². The zero-order valence-electron chi connectivity index (χ0n) is 8.34. The molecule has 0 heterocycles. The van der Waals surface area contributed by atoms with Crippen molar-refractivity contribution in [1.29, 1.82) is 0 Å². The third-order valence-electron chi connectivity index (χ3n) is 1.60. The van der Waals surface area contributed by atoms with Crippen LogP contribution in [0.4, 0.5) is 0 Å². The van der Waals surface area contributed by atoms with Gasteiger partial charge in [0.1, 0.15) is 0 Å². The predicted octanol–water partition coefficient (Wildman–Crippen LogP) is 4.21. The van der Waals surface area contributed by atoms with Crippen molar-refractivity contribution in [3.05, 3.63) is 6.92 Å². The largest absolute Gasteiger partial charge is 0.148 e. The van der Waals surface area contributed by atoms with Crippen LogP contribution in [0.5, 0.6) is 0 Å². The smallest absolute Gasteiger partial charge is 0.0503 e. The molecule has 2 heteroatoms. The van der Waals surface area contributed by atoms with Gasteiger partial charge in [0, 0.05) is 0 Å². The Kier molecular flexibility index (Phi) is 10.4. The molecule has 0 nitrogen and oxygen atoms in total. The van der Waals surface area contributed by atoms with Crippen LogP contribution in [0.3, 0.4) is 0 Å². The summed E-state index contributed by atoms with van der Waals surface area (Å²) in [5, 5.41) is 0. The second-order valence-electron chi connectivity index (χ2n) is 2.88. The van der Waals surface area contributed by atoms with Crippen LogP contribution in [0.15, 0.2) is 0 Å². The molecule has 0 rings (SSSR count). The van der Waals surface area contributed by atoms with E-state index in [1.165, 1.54) is 37.2 Å². The topological polar surface area (TPSA) is 0 Å². The maximum absolute atomic E-state index is 4.11. The highest BCUT2D eigenvalue weighted by Crippen LogP contribution is 2.24. The Morgan fingerprint density at radius 3 is 1.75 bits per heavy atom. The molecule has 0 aromatic carbocycles. The van der Waals surface area contributed by atoms with E-state index in [9.17, 15) is 0 Å². The third kappa shape index (κ3) is 8.79. The quantitative estimate of drug-likeness (QED) is 0.430. The van der Waals surface area contributed by atoms with Crippen LogP contribution in [0.1, 0.15) is 39.5 Å². The van der Waals surface area contributed by atoms with E-state index in [0.717, 1.165) is 0 Å². The third-order valence-corrected chi connectivity index (χ3v) is 4.21. The summed E-state index contributed by atoms with van der Waals surface area (Å²) in [6.45, 7) is 8.59. The number of hydrogen-bond acceptors (Lipinski definition) is 2. The van der Waals surface area contributed by atoms with Crippen molar-refractivity contribution in [3.8, 4) is 0 Å². The molecule has 0 amide bonds. The summed E-state index contributed by atoms with van der Waals surface area (Å²) in [6.07, 6.45) is 5.29. The lowest BCUT2D eigenvalue weighted by Gasteiger charge is -2.09. The molecule has 0 atom stereocenters. The summed E-state index contributed by atoms with van der Waals surface area (Å²) in [6, 6.07) is 0. The van der Waals surface area contributed by atoms with Crippen LogP contribution in [-0.4, -0.2) is 16.1 Å². The minimum atomic E-state index is 0.558. The Morgan fingerprint density at radius 1 is 1.00 bits per heavy atom. The lowest BCUT2D eigenvalue weighted by Crippen LogP contribution is -1.93. The first-order valence-corrected chi connectivity index (χ1v) is 6.97. The molecule has 0 aliphatic rings. The summed E-state index contributed by atoms with van der Waals surface area (Å²) in [4.78, 5) is 0. The summed E-state index contributed by atoms with van der Waals surface area (Å²) < 4.78 is 0.558. The zero-order valence-corrected chi connectivity index (χ0v) is 9.98. The molecule has 12 heavy (non-hydrogen) atoms. The lowest BCUT2D eigenvalue weighted by molar-refractivity contribution is 0.894. The summed E-state index contributed by atoms with van der Waals surface area (Å²) in [5.41, 5.74) is 0. The highest BCUT2D eigenvalue weighted by atomic mass is 32.2. The number of rotatable bonds is 8. The first kappa shape index (κ1) is 12.7. The van der Waals surface area contributed by atoms with Crippen molar-refractivity contribution in [2.45, 2.75) is 44.1 Å². The molecule has 0 aliphatic carbocycles. The van der Waals surface area contributed by atoms with Crippen LogP contribution in [0, 0.1) is 6.92 Å². The molecule has 0 bridgehead atoms. The Hall–Kier alpha value is 0.700. The molecule has 0 aromatic heterocycles. The average molecular weight is 205 g/mol. The summed E-state index contributed by atoms with van der Waals surface area (Å²) >= 11 is 4.01. The minimum Gasteiger partial charge on any atom is -0.148 e. The molecule has 1 radical (unpaired) electrons. The zero-order chi connectivity index (χ0) is 9.23. The van der Waals surface area contributed by atoms with Crippen molar-refractivity contribution in [3.63, 3.8) is 0 Å². The van der Waals surface area contributed by atoms with Crippen LogP contribution >= 0.6 is 23.5 Å². The molecule has 0 fully saturated rings. The first-order valence-electron chi connectivity index (χ1n) is 4.87. The molecular formula is C10H21S2. The number of thioether (sulfide) groups is 2. The summed E-state index contributed by atoms with van der Waals surface area (Å²) in [7, 11) is 0. The molecule has 0 spiro atoms. The van der Waals surface area contributed by atoms with Gasteiger partial charge in [0.15, 0.2) is 0 Å². The van der Waals surface area contributed by atoms with Gasteiger partial charge in [-0.05, 0) is 31.3 Å². The van der Waals surface area contributed by atoms with Crippen LogP contribution in [-0.2, 0) is 0 Å². The minimum absolute atomic E-state index is 0.558. The monoisotopic (exact) mass is 205 g/mol. The number of hydrogen-bond donors (Lipinski definition) is 0. The average Bonchev–Trinajstić information content (AvgIpc) is 2.06. The SMILES string of the molecule is [CH2]C(SCCCC)SCCCC. The predicted molar refractivity (Wildman–Crippen MR) is 63.9 cm³/mol. The standard InChI is InChI=1S/C10H21S2/c1-4-6-8-11-10(3)12-9-7-5-2/h10H,3-9H2,1-2H3. The fraction of sp³-hybridized carbons (Fsp3) is 0.900. The van der Waals surface area contributed by atoms with Crippen molar-refractivity contribution in [1.82, 2.24) is 0 Å². The molecule has 0 aromatic rings. The fourth-order valence-electron chi connectivity index (χ4n) is 0.766. The highest BCUT2D eigenvalue weighted by molar-refractivity contribution is 8.17. The second-order valence-corrected chi connectivity index (χ2v) is 5.80. The van der Waals surface area contributed by atoms with Gasteiger partial charge in [-0.25, -0.2) is 0 Å². The van der Waals surface area contributed by atoms with Gasteiger partial charge in [0.05, 0.1) is 4.58 Å². The maximum Gasteiger partial charge on any atom is 0.0503 e. The van der Waals surface area contributed by atoms with E-state index in [-0.39, 0.29) is 0 Å². The van der Waals surface area contributed by atoms with Gasteiger partial charge in [-0.2, -0.15) is 0 Å². The van der Waals surface area contributed by atoms with E-state index in [2.05, 4.69) is 20.8 Å². The Morgan fingerprint density at radius 2 is 1.42 bits per heavy atom. The normalized spacial score (nSPS) is 11.0. The molecule has 0 aliphatic heterocycles. The molecule has 0 N–H and O–H groups in total. The second kappa shape index (κ2) is 9.79.